The molecule has 0 heterocycles. The lowest BCUT2D eigenvalue weighted by molar-refractivity contribution is -0.143. The molecule has 0 spiro atoms. The minimum atomic E-state index is -0.903. The van der Waals surface area contributed by atoms with Gasteiger partial charge in [-0.1, -0.05) is 43.1 Å². The maximum Gasteiger partial charge on any atom is 0.334 e. The second kappa shape index (κ2) is 15.0. The summed E-state index contributed by atoms with van der Waals surface area (Å²) in [5.41, 5.74) is 0.125. The van der Waals surface area contributed by atoms with Crippen LogP contribution < -0.4 is 4.90 Å². The van der Waals surface area contributed by atoms with Crippen molar-refractivity contribution in [1.29, 1.82) is 0 Å². The van der Waals surface area contributed by atoms with Gasteiger partial charge >= 0.3 is 11.9 Å². The molecule has 2 aromatic rings. The largest absolute Gasteiger partial charge is 0.465 e. The molecule has 0 aromatic heterocycles. The zero-order chi connectivity index (χ0) is 29.2. The summed E-state index contributed by atoms with van der Waals surface area (Å²) in [5.74, 6) is -3.66. The third-order valence-corrected chi connectivity index (χ3v) is 7.54. The Morgan fingerprint density at radius 3 is 2.35 bits per heavy atom. The van der Waals surface area contributed by atoms with Crippen molar-refractivity contribution in [2.75, 3.05) is 17.3 Å². The van der Waals surface area contributed by atoms with Crippen LogP contribution in [0.4, 0.5) is 10.1 Å². The van der Waals surface area contributed by atoms with Crippen LogP contribution in [0.2, 0.25) is 5.02 Å². The molecule has 0 fully saturated rings. The lowest BCUT2D eigenvalue weighted by Crippen LogP contribution is -2.40. The number of unbranched alkanes of at least 4 members (excludes halogenated alkanes) is 1. The van der Waals surface area contributed by atoms with Crippen molar-refractivity contribution in [3.8, 4) is 0 Å². The fourth-order valence-electron chi connectivity index (χ4n) is 4.12. The molecule has 3 rings (SSSR count). The summed E-state index contributed by atoms with van der Waals surface area (Å²) in [6.45, 7) is 5.68. The molecule has 214 valence electrons. The first-order valence-corrected chi connectivity index (χ1v) is 14.6. The summed E-state index contributed by atoms with van der Waals surface area (Å²) in [6.07, 6.45) is 3.06. The second-order valence-corrected chi connectivity index (χ2v) is 11.0. The number of hydrogen-bond acceptors (Lipinski definition) is 7. The summed E-state index contributed by atoms with van der Waals surface area (Å²) in [5, 5.41) is 0.0187. The average Bonchev–Trinajstić information content (AvgIpc) is 2.93. The van der Waals surface area contributed by atoms with E-state index in [1.807, 2.05) is 6.92 Å². The monoisotopic (exact) mass is 589 g/mol. The van der Waals surface area contributed by atoms with Crippen molar-refractivity contribution in [2.24, 2.45) is 0 Å². The fraction of sp³-hybridized carbons (Fsp3) is 0.400. The van der Waals surface area contributed by atoms with Gasteiger partial charge in [-0.05, 0) is 70.2 Å². The highest BCUT2D eigenvalue weighted by atomic mass is 35.5. The smallest absolute Gasteiger partial charge is 0.334 e. The molecule has 0 unspecified atom stereocenters. The van der Waals surface area contributed by atoms with Crippen molar-refractivity contribution in [3.63, 3.8) is 0 Å². The van der Waals surface area contributed by atoms with Crippen molar-refractivity contribution in [1.82, 2.24) is 0 Å². The van der Waals surface area contributed by atoms with Crippen LogP contribution in [0.3, 0.4) is 0 Å². The van der Waals surface area contributed by atoms with E-state index in [0.717, 1.165) is 35.6 Å². The van der Waals surface area contributed by atoms with Crippen molar-refractivity contribution >= 4 is 52.8 Å². The van der Waals surface area contributed by atoms with E-state index in [1.54, 1.807) is 32.0 Å². The number of esters is 2. The number of halogens is 2. The van der Waals surface area contributed by atoms with Crippen LogP contribution in [0, 0.1) is 5.82 Å². The highest BCUT2D eigenvalue weighted by molar-refractivity contribution is 8.00. The van der Waals surface area contributed by atoms with E-state index in [9.17, 15) is 19.2 Å². The zero-order valence-electron chi connectivity index (χ0n) is 22.8. The van der Waals surface area contributed by atoms with Gasteiger partial charge in [0.15, 0.2) is 0 Å². The average molecular weight is 590 g/mol. The first kappa shape index (κ1) is 31.4. The highest BCUT2D eigenvalue weighted by Gasteiger charge is 2.34. The molecule has 0 N–H and O–H groups in total. The maximum atomic E-state index is 15.5. The molecule has 2 amide bonds. The normalized spacial score (nSPS) is 13.2. The lowest BCUT2D eigenvalue weighted by atomic mass is 9.90. The van der Waals surface area contributed by atoms with Gasteiger partial charge in [0.25, 0.3) is 11.8 Å². The van der Waals surface area contributed by atoms with Crippen LogP contribution >= 0.6 is 23.4 Å². The summed E-state index contributed by atoms with van der Waals surface area (Å²) in [4.78, 5) is 53.8. The van der Waals surface area contributed by atoms with E-state index in [0.29, 0.717) is 30.8 Å². The van der Waals surface area contributed by atoms with E-state index < -0.39 is 35.7 Å². The quantitative estimate of drug-likeness (QED) is 0.122. The molecular formula is C30H33ClFNO6S. The molecule has 40 heavy (non-hydrogen) atoms. The number of ether oxygens (including phenoxy) is 2. The Kier molecular flexibility index (Phi) is 11.8. The van der Waals surface area contributed by atoms with E-state index in [1.165, 1.54) is 18.2 Å². The van der Waals surface area contributed by atoms with E-state index in [2.05, 4.69) is 0 Å². The number of thioether (sulfide) groups is 1. The van der Waals surface area contributed by atoms with E-state index >= 15 is 4.39 Å². The number of hydrogen-bond donors (Lipinski definition) is 0. The van der Waals surface area contributed by atoms with E-state index in [4.69, 9.17) is 21.1 Å². The van der Waals surface area contributed by atoms with Gasteiger partial charge in [-0.3, -0.25) is 14.4 Å². The van der Waals surface area contributed by atoms with Gasteiger partial charge in [-0.25, -0.2) is 14.1 Å². The molecular weight excluding hydrogens is 557 g/mol. The van der Waals surface area contributed by atoms with Crippen LogP contribution in [0.25, 0.3) is 0 Å². The van der Waals surface area contributed by atoms with Gasteiger partial charge < -0.3 is 9.47 Å². The molecule has 1 aliphatic carbocycles. The Hall–Kier alpha value is -3.17. The molecule has 1 aliphatic rings. The predicted octanol–water partition coefficient (Wildman–Crippen LogP) is 6.91. The number of carbonyl (C=O) groups excluding carboxylic acids is 4. The fourth-order valence-corrected chi connectivity index (χ4v) is 5.18. The number of anilines is 1. The Labute approximate surface area is 243 Å². The maximum absolute atomic E-state index is 15.5. The summed E-state index contributed by atoms with van der Waals surface area (Å²) >= 11 is 7.29. The molecule has 0 bridgehead atoms. The van der Waals surface area contributed by atoms with Crippen molar-refractivity contribution in [2.45, 2.75) is 70.3 Å². The number of carbonyl (C=O) groups is 4. The SMILES string of the molecule is CCCCOC(=O)CSc1cc(N(C(=O)C2=C(C(=O)OC(C)C)CCCC2)C(=O)c2ccccc2)c(F)cc1Cl. The van der Waals surface area contributed by atoms with Crippen molar-refractivity contribution < 1.29 is 33.0 Å². The summed E-state index contributed by atoms with van der Waals surface area (Å²) in [6, 6.07) is 10.3. The molecule has 0 saturated heterocycles. The highest BCUT2D eigenvalue weighted by Crippen LogP contribution is 2.36. The number of benzene rings is 2. The first-order valence-electron chi connectivity index (χ1n) is 13.3. The van der Waals surface area contributed by atoms with Crippen LogP contribution in [-0.2, 0) is 23.9 Å². The second-order valence-electron chi connectivity index (χ2n) is 9.53. The third-order valence-electron chi connectivity index (χ3n) is 6.09. The number of imide groups is 1. The summed E-state index contributed by atoms with van der Waals surface area (Å²) < 4.78 is 26.0. The first-order chi connectivity index (χ1) is 19.1. The molecule has 10 heteroatoms. The minimum absolute atomic E-state index is 0.0187. The van der Waals surface area contributed by atoms with Gasteiger partial charge in [0.1, 0.15) is 5.82 Å². The Balaban J connectivity index is 2.05. The lowest BCUT2D eigenvalue weighted by Gasteiger charge is -2.27. The Morgan fingerprint density at radius 1 is 1.02 bits per heavy atom. The molecule has 0 saturated carbocycles. The van der Waals surface area contributed by atoms with Gasteiger partial charge in [0, 0.05) is 21.6 Å². The number of nitrogens with zero attached hydrogens (tertiary/aromatic N) is 1. The predicted molar refractivity (Wildman–Crippen MR) is 153 cm³/mol. The van der Waals surface area contributed by atoms with Gasteiger partial charge in [0.2, 0.25) is 0 Å². The van der Waals surface area contributed by atoms with Crippen molar-refractivity contribution in [3.05, 3.63) is 70.0 Å². The van der Waals surface area contributed by atoms with Gasteiger partial charge in [-0.2, -0.15) is 0 Å². The molecule has 0 atom stereocenters. The summed E-state index contributed by atoms with van der Waals surface area (Å²) in [7, 11) is 0. The standard InChI is InChI=1S/C30H33ClFNO6S/c1-4-5-15-38-27(34)18-40-26-17-25(24(32)16-23(26)31)33(28(35)20-11-7-6-8-12-20)29(36)21-13-9-10-14-22(21)30(37)39-19(2)3/h6-8,11-12,16-17,19H,4-5,9-10,13-15,18H2,1-3H3. The molecule has 2 aromatic carbocycles. The minimum Gasteiger partial charge on any atom is -0.465 e. The zero-order valence-corrected chi connectivity index (χ0v) is 24.4. The number of rotatable bonds is 11. The van der Waals surface area contributed by atoms with Gasteiger partial charge in [0.05, 0.1) is 29.2 Å². The van der Waals surface area contributed by atoms with Crippen LogP contribution in [0.5, 0.6) is 0 Å². The number of amides is 2. The third kappa shape index (κ3) is 8.17. The molecule has 0 aliphatic heterocycles. The van der Waals surface area contributed by atoms with Gasteiger partial charge in [-0.15, -0.1) is 11.8 Å². The Bertz CT molecular complexity index is 1280. The van der Waals surface area contributed by atoms with Crippen LogP contribution in [0.15, 0.2) is 58.5 Å². The topological polar surface area (TPSA) is 90.0 Å². The molecule has 7 nitrogen and oxygen atoms in total. The van der Waals surface area contributed by atoms with E-state index in [-0.39, 0.29) is 39.6 Å². The van der Waals surface area contributed by atoms with Crippen LogP contribution in [-0.4, -0.2) is 42.2 Å². The molecule has 0 radical (unpaired) electrons. The Morgan fingerprint density at radius 2 is 1.70 bits per heavy atom. The van der Waals surface area contributed by atoms with Crippen LogP contribution in [0.1, 0.15) is 69.7 Å².